The summed E-state index contributed by atoms with van der Waals surface area (Å²) in [5.41, 5.74) is 0. The largest absolute Gasteiger partial charge is 0.472 e. The van der Waals surface area contributed by atoms with Gasteiger partial charge >= 0.3 is 6.09 Å². The van der Waals surface area contributed by atoms with E-state index in [0.29, 0.717) is 6.61 Å². The Labute approximate surface area is 100 Å². The predicted octanol–water partition coefficient (Wildman–Crippen LogP) is 3.28. The average Bonchev–Trinajstić information content (AvgIpc) is 2.15. The van der Waals surface area contributed by atoms with Gasteiger partial charge in [-0.25, -0.2) is 4.79 Å². The topological polar surface area (TPSA) is 65.0 Å². The lowest BCUT2D eigenvalue weighted by atomic mass is 10.9. The van der Waals surface area contributed by atoms with E-state index in [1.54, 1.807) is 13.8 Å². The van der Waals surface area contributed by atoms with E-state index in [2.05, 4.69) is 9.73 Å². The van der Waals surface area contributed by atoms with Crippen molar-refractivity contribution in [2.75, 3.05) is 13.2 Å². The van der Waals surface area contributed by atoms with Gasteiger partial charge in [-0.15, -0.1) is 4.99 Å². The first kappa shape index (κ1) is 14.6. The number of nitrogens with zero attached hydrogens (tertiary/aromatic N) is 1. The van der Waals surface area contributed by atoms with E-state index in [1.165, 1.54) is 0 Å². The lowest BCUT2D eigenvalue weighted by Crippen LogP contribution is -2.05. The van der Waals surface area contributed by atoms with Crippen molar-refractivity contribution in [2.45, 2.75) is 13.8 Å². The van der Waals surface area contributed by atoms with Crippen LogP contribution < -0.4 is 0 Å². The molecule has 0 aliphatic rings. The van der Waals surface area contributed by atoms with Crippen LogP contribution in [-0.2, 0) is 9.47 Å². The minimum Gasteiger partial charge on any atom is -0.472 e. The first-order valence-electron chi connectivity index (χ1n) is 4.02. The SMILES string of the molecule is CCOC(=O)/N=C(\OCC)SSC(=O)Cl. The average molecular weight is 272 g/mol. The van der Waals surface area contributed by atoms with Gasteiger partial charge in [0.2, 0.25) is 0 Å². The summed E-state index contributed by atoms with van der Waals surface area (Å²) in [4.78, 5) is 24.9. The van der Waals surface area contributed by atoms with Gasteiger partial charge in [-0.2, -0.15) is 0 Å². The highest BCUT2D eigenvalue weighted by Crippen LogP contribution is 2.26. The number of rotatable bonds is 2. The molecular weight excluding hydrogens is 262 g/mol. The molecule has 0 spiro atoms. The van der Waals surface area contributed by atoms with E-state index in [9.17, 15) is 9.59 Å². The van der Waals surface area contributed by atoms with Crippen molar-refractivity contribution in [1.29, 1.82) is 0 Å². The van der Waals surface area contributed by atoms with Crippen molar-refractivity contribution in [1.82, 2.24) is 0 Å². The minimum atomic E-state index is -0.754. The van der Waals surface area contributed by atoms with Crippen LogP contribution >= 0.6 is 33.2 Å². The van der Waals surface area contributed by atoms with Crippen LogP contribution in [0, 0.1) is 0 Å². The molecule has 0 radical (unpaired) electrons. The van der Waals surface area contributed by atoms with E-state index in [4.69, 9.17) is 16.3 Å². The zero-order valence-corrected chi connectivity index (χ0v) is 10.6. The fourth-order valence-corrected chi connectivity index (χ4v) is 1.86. The van der Waals surface area contributed by atoms with Gasteiger partial charge in [0.05, 0.1) is 13.2 Å². The van der Waals surface area contributed by atoms with E-state index in [0.717, 1.165) is 21.6 Å². The van der Waals surface area contributed by atoms with Gasteiger partial charge in [-0.1, -0.05) is 0 Å². The van der Waals surface area contributed by atoms with Crippen LogP contribution in [0.3, 0.4) is 0 Å². The van der Waals surface area contributed by atoms with E-state index in [-0.39, 0.29) is 11.8 Å². The monoisotopic (exact) mass is 271 g/mol. The summed E-state index contributed by atoms with van der Waals surface area (Å²) < 4.78 is 8.95. The van der Waals surface area contributed by atoms with Crippen LogP contribution in [0.25, 0.3) is 0 Å². The molecule has 0 unspecified atom stereocenters. The van der Waals surface area contributed by atoms with Crippen LogP contribution in [0.4, 0.5) is 9.59 Å². The lowest BCUT2D eigenvalue weighted by molar-refractivity contribution is 0.162. The standard InChI is InChI=1S/C7H10ClNO4S2/c1-3-12-6(11)9-7(13-4-2)15-14-5(8)10/h3-4H2,1-2H3/b9-7+. The molecule has 0 rings (SSSR count). The second-order valence-corrected chi connectivity index (χ2v) is 4.53. The first-order chi connectivity index (χ1) is 7.10. The molecule has 0 aromatic rings. The van der Waals surface area contributed by atoms with E-state index in [1.807, 2.05) is 0 Å². The number of hydrogen-bond donors (Lipinski definition) is 0. The molecule has 5 nitrogen and oxygen atoms in total. The summed E-state index contributed by atoms with van der Waals surface area (Å²) in [6.45, 7) is 3.96. The van der Waals surface area contributed by atoms with Gasteiger partial charge < -0.3 is 9.47 Å². The molecule has 0 saturated carbocycles. The molecule has 0 saturated heterocycles. The number of aliphatic imine (C=N–C) groups is 1. The van der Waals surface area contributed by atoms with Gasteiger partial charge in [-0.3, -0.25) is 4.79 Å². The molecule has 0 fully saturated rings. The summed E-state index contributed by atoms with van der Waals surface area (Å²) in [6, 6.07) is 0. The van der Waals surface area contributed by atoms with Gasteiger partial charge in [-0.05, 0) is 25.4 Å². The van der Waals surface area contributed by atoms with E-state index < -0.39 is 10.7 Å². The van der Waals surface area contributed by atoms with Crippen LogP contribution in [0.15, 0.2) is 4.99 Å². The molecule has 0 bridgehead atoms. The molecule has 0 atom stereocenters. The van der Waals surface area contributed by atoms with Gasteiger partial charge in [0.25, 0.3) is 9.80 Å². The number of amides is 1. The second kappa shape index (κ2) is 8.87. The van der Waals surface area contributed by atoms with Crippen molar-refractivity contribution >= 4 is 49.1 Å². The Hall–Kier alpha value is -0.400. The molecule has 0 aliphatic carbocycles. The molecule has 0 N–H and O–H groups in total. The number of carbonyl (C=O) groups excluding carboxylic acids is 2. The zero-order chi connectivity index (χ0) is 11.7. The molecule has 0 aromatic carbocycles. The summed E-state index contributed by atoms with van der Waals surface area (Å²) in [6.07, 6.45) is -0.754. The highest BCUT2D eigenvalue weighted by atomic mass is 35.5. The normalized spacial score (nSPS) is 11.0. The third kappa shape index (κ3) is 8.59. The summed E-state index contributed by atoms with van der Waals surface area (Å²) in [5, 5.41) is 0.0509. The molecule has 86 valence electrons. The van der Waals surface area contributed by atoms with Crippen molar-refractivity contribution in [3.05, 3.63) is 0 Å². The fraction of sp³-hybridized carbons (Fsp3) is 0.571. The Kier molecular flexibility index (Phi) is 8.64. The highest BCUT2D eigenvalue weighted by Gasteiger charge is 2.09. The third-order valence-corrected chi connectivity index (χ3v) is 3.10. The molecule has 0 aliphatic heterocycles. The number of ether oxygens (including phenoxy) is 2. The second-order valence-electron chi connectivity index (χ2n) is 1.91. The van der Waals surface area contributed by atoms with Gasteiger partial charge in [0.15, 0.2) is 0 Å². The third-order valence-electron chi connectivity index (χ3n) is 0.897. The first-order valence-corrected chi connectivity index (χ1v) is 6.55. The van der Waals surface area contributed by atoms with Crippen LogP contribution in [0.1, 0.15) is 13.8 Å². The zero-order valence-electron chi connectivity index (χ0n) is 8.19. The van der Waals surface area contributed by atoms with Gasteiger partial charge in [0.1, 0.15) is 0 Å². The molecule has 1 amide bonds. The summed E-state index contributed by atoms with van der Waals surface area (Å²) in [5.74, 6) is 0. The molecule has 0 aromatic heterocycles. The highest BCUT2D eigenvalue weighted by molar-refractivity contribution is 8.87. The minimum absolute atomic E-state index is 0.0509. The number of halogens is 1. The Morgan fingerprint density at radius 2 is 1.80 bits per heavy atom. The summed E-state index contributed by atoms with van der Waals surface area (Å²) >= 11 is 5.10. The van der Waals surface area contributed by atoms with Crippen LogP contribution in [0.2, 0.25) is 0 Å². The lowest BCUT2D eigenvalue weighted by Gasteiger charge is -2.03. The molecule has 15 heavy (non-hydrogen) atoms. The van der Waals surface area contributed by atoms with Crippen molar-refractivity contribution in [2.24, 2.45) is 4.99 Å². The molecule has 8 heteroatoms. The number of carbonyl (C=O) groups is 2. The van der Waals surface area contributed by atoms with Crippen molar-refractivity contribution in [3.63, 3.8) is 0 Å². The smallest absolute Gasteiger partial charge is 0.437 e. The maximum absolute atomic E-state index is 10.9. The predicted molar refractivity (Wildman–Crippen MR) is 62.5 cm³/mol. The maximum atomic E-state index is 10.9. The molecule has 0 heterocycles. The summed E-state index contributed by atoms with van der Waals surface area (Å²) in [7, 11) is 1.59. The Bertz CT molecular complexity index is 259. The van der Waals surface area contributed by atoms with Crippen molar-refractivity contribution in [3.8, 4) is 0 Å². The Morgan fingerprint density at radius 3 is 2.27 bits per heavy atom. The van der Waals surface area contributed by atoms with Crippen LogP contribution in [0.5, 0.6) is 0 Å². The van der Waals surface area contributed by atoms with Crippen LogP contribution in [-0.4, -0.2) is 29.1 Å². The van der Waals surface area contributed by atoms with Crippen molar-refractivity contribution < 1.29 is 19.1 Å². The quantitative estimate of drug-likeness (QED) is 0.332. The Balaban J connectivity index is 4.22. The number of hydrogen-bond acceptors (Lipinski definition) is 6. The maximum Gasteiger partial charge on any atom is 0.437 e. The van der Waals surface area contributed by atoms with Gasteiger partial charge in [0, 0.05) is 21.6 Å². The fourth-order valence-electron chi connectivity index (χ4n) is 0.497. The Morgan fingerprint density at radius 1 is 1.20 bits per heavy atom. The van der Waals surface area contributed by atoms with E-state index >= 15 is 0 Å². The molecular formula is C7H10ClNO4S2.